The van der Waals surface area contributed by atoms with Crippen LogP contribution in [0, 0.1) is 11.3 Å². The molecule has 1 aliphatic rings. The molecule has 4 nitrogen and oxygen atoms in total. The number of nitriles is 1. The van der Waals surface area contributed by atoms with Crippen molar-refractivity contribution in [3.8, 4) is 17.6 Å². The van der Waals surface area contributed by atoms with Gasteiger partial charge >= 0.3 is 0 Å². The summed E-state index contributed by atoms with van der Waals surface area (Å²) in [6.07, 6.45) is 2.42. The number of likely N-dealkylation sites (N-methyl/N-ethyl adjacent to an activating group) is 1. The van der Waals surface area contributed by atoms with Gasteiger partial charge in [0.2, 0.25) is 0 Å². The van der Waals surface area contributed by atoms with Crippen LogP contribution < -0.4 is 9.47 Å². The first-order valence-corrected chi connectivity index (χ1v) is 6.16. The van der Waals surface area contributed by atoms with Crippen molar-refractivity contribution in [1.29, 1.82) is 5.26 Å². The highest BCUT2D eigenvalue weighted by atomic mass is 16.5. The van der Waals surface area contributed by atoms with E-state index in [1.165, 1.54) is 0 Å². The Hall–Kier alpha value is -1.73. The van der Waals surface area contributed by atoms with Crippen LogP contribution in [0.25, 0.3) is 0 Å². The van der Waals surface area contributed by atoms with Gasteiger partial charge in [-0.1, -0.05) is 0 Å². The second-order valence-electron chi connectivity index (χ2n) is 4.62. The zero-order chi connectivity index (χ0) is 13.0. The van der Waals surface area contributed by atoms with Crippen molar-refractivity contribution >= 4 is 0 Å². The summed E-state index contributed by atoms with van der Waals surface area (Å²) in [7, 11) is 3.70. The molecule has 18 heavy (non-hydrogen) atoms. The summed E-state index contributed by atoms with van der Waals surface area (Å²) in [5.41, 5.74) is 0.583. The lowest BCUT2D eigenvalue weighted by atomic mass is 10.1. The van der Waals surface area contributed by atoms with Gasteiger partial charge in [0.25, 0.3) is 0 Å². The third-order valence-corrected chi connectivity index (χ3v) is 3.17. The molecule has 1 aromatic rings. The van der Waals surface area contributed by atoms with E-state index in [0.29, 0.717) is 11.3 Å². The summed E-state index contributed by atoms with van der Waals surface area (Å²) in [5.74, 6) is 1.35. The molecule has 4 heteroatoms. The average molecular weight is 246 g/mol. The maximum Gasteiger partial charge on any atom is 0.162 e. The van der Waals surface area contributed by atoms with Crippen LogP contribution in [-0.4, -0.2) is 38.3 Å². The van der Waals surface area contributed by atoms with Gasteiger partial charge in [-0.05, 0) is 38.6 Å². The molecule has 1 unspecified atom stereocenters. The molecule has 0 radical (unpaired) electrons. The van der Waals surface area contributed by atoms with Crippen molar-refractivity contribution in [2.75, 3.05) is 27.2 Å². The van der Waals surface area contributed by atoms with Gasteiger partial charge in [-0.2, -0.15) is 5.26 Å². The molecule has 0 amide bonds. The molecular formula is C14H18N2O2. The van der Waals surface area contributed by atoms with Crippen LogP contribution in [0.1, 0.15) is 18.4 Å². The second kappa shape index (κ2) is 5.74. The number of methoxy groups -OCH3 is 1. The predicted molar refractivity (Wildman–Crippen MR) is 68.9 cm³/mol. The lowest BCUT2D eigenvalue weighted by Gasteiger charge is -2.30. The van der Waals surface area contributed by atoms with Gasteiger partial charge in [0.15, 0.2) is 11.5 Å². The van der Waals surface area contributed by atoms with E-state index >= 15 is 0 Å². The molecule has 0 aliphatic carbocycles. The van der Waals surface area contributed by atoms with Gasteiger partial charge in [0.1, 0.15) is 6.10 Å². The number of benzene rings is 1. The molecule has 1 fully saturated rings. The minimum atomic E-state index is 0.200. The largest absolute Gasteiger partial charge is 0.493 e. The Balaban J connectivity index is 2.11. The number of likely N-dealkylation sites (tertiary alicyclic amines) is 1. The molecule has 1 aromatic carbocycles. The zero-order valence-corrected chi connectivity index (χ0v) is 10.8. The molecule has 1 atom stereocenters. The van der Waals surface area contributed by atoms with E-state index in [-0.39, 0.29) is 6.10 Å². The first kappa shape index (κ1) is 12.7. The van der Waals surface area contributed by atoms with Crippen LogP contribution in [0.15, 0.2) is 18.2 Å². The topological polar surface area (TPSA) is 45.5 Å². The van der Waals surface area contributed by atoms with Crippen LogP contribution in [0.5, 0.6) is 11.5 Å². The number of piperidine rings is 1. The van der Waals surface area contributed by atoms with Crippen molar-refractivity contribution in [2.45, 2.75) is 18.9 Å². The average Bonchev–Trinajstić information content (AvgIpc) is 2.39. The number of ether oxygens (including phenoxy) is 2. The monoisotopic (exact) mass is 246 g/mol. The first-order chi connectivity index (χ1) is 8.72. The Morgan fingerprint density at radius 3 is 2.89 bits per heavy atom. The fourth-order valence-corrected chi connectivity index (χ4v) is 2.23. The van der Waals surface area contributed by atoms with Crippen molar-refractivity contribution in [1.82, 2.24) is 4.90 Å². The fraction of sp³-hybridized carbons (Fsp3) is 0.500. The van der Waals surface area contributed by atoms with Gasteiger partial charge in [0.05, 0.1) is 18.7 Å². The molecule has 2 rings (SSSR count). The van der Waals surface area contributed by atoms with Gasteiger partial charge in [-0.3, -0.25) is 0 Å². The van der Waals surface area contributed by atoms with Crippen molar-refractivity contribution < 1.29 is 9.47 Å². The molecule has 0 bridgehead atoms. The fourth-order valence-electron chi connectivity index (χ4n) is 2.23. The van der Waals surface area contributed by atoms with E-state index < -0.39 is 0 Å². The second-order valence-corrected chi connectivity index (χ2v) is 4.62. The number of hydrogen-bond donors (Lipinski definition) is 0. The molecule has 0 saturated carbocycles. The van der Waals surface area contributed by atoms with Crippen molar-refractivity contribution in [3.05, 3.63) is 23.8 Å². The minimum absolute atomic E-state index is 0.200. The summed E-state index contributed by atoms with van der Waals surface area (Å²) in [6, 6.07) is 7.37. The summed E-state index contributed by atoms with van der Waals surface area (Å²) in [4.78, 5) is 2.27. The van der Waals surface area contributed by atoms with Crippen LogP contribution in [0.4, 0.5) is 0 Å². The van der Waals surface area contributed by atoms with E-state index in [2.05, 4.69) is 18.0 Å². The van der Waals surface area contributed by atoms with E-state index in [9.17, 15) is 0 Å². The van der Waals surface area contributed by atoms with E-state index in [1.54, 1.807) is 19.2 Å². The Morgan fingerprint density at radius 2 is 2.22 bits per heavy atom. The SMILES string of the molecule is COc1cc(C#N)ccc1OC1CCCN(C)C1. The molecule has 1 heterocycles. The third-order valence-electron chi connectivity index (χ3n) is 3.17. The van der Waals surface area contributed by atoms with Gasteiger partial charge in [0, 0.05) is 12.6 Å². The normalized spacial score (nSPS) is 20.2. The van der Waals surface area contributed by atoms with Gasteiger partial charge < -0.3 is 14.4 Å². The highest BCUT2D eigenvalue weighted by molar-refractivity contribution is 5.46. The maximum atomic E-state index is 8.85. The number of hydrogen-bond acceptors (Lipinski definition) is 4. The molecule has 0 spiro atoms. The first-order valence-electron chi connectivity index (χ1n) is 6.16. The summed E-state index contributed by atoms with van der Waals surface area (Å²) in [5, 5.41) is 8.85. The summed E-state index contributed by atoms with van der Waals surface area (Å²) in [6.45, 7) is 2.06. The quantitative estimate of drug-likeness (QED) is 0.818. The molecule has 0 aromatic heterocycles. The maximum absolute atomic E-state index is 8.85. The lowest BCUT2D eigenvalue weighted by Crippen LogP contribution is -2.38. The molecule has 1 saturated heterocycles. The number of rotatable bonds is 3. The molecule has 0 N–H and O–H groups in total. The number of nitrogens with zero attached hydrogens (tertiary/aromatic N) is 2. The smallest absolute Gasteiger partial charge is 0.162 e. The Morgan fingerprint density at radius 1 is 1.39 bits per heavy atom. The standard InChI is InChI=1S/C14H18N2O2/c1-16-7-3-4-12(10-16)18-13-6-5-11(9-15)8-14(13)17-2/h5-6,8,12H,3-4,7,10H2,1-2H3. The van der Waals surface area contributed by atoms with Gasteiger partial charge in [-0.25, -0.2) is 0 Å². The van der Waals surface area contributed by atoms with E-state index in [1.807, 2.05) is 6.07 Å². The van der Waals surface area contributed by atoms with Gasteiger partial charge in [-0.15, -0.1) is 0 Å². The van der Waals surface area contributed by atoms with Crippen LogP contribution in [-0.2, 0) is 0 Å². The zero-order valence-electron chi connectivity index (χ0n) is 10.8. The Labute approximate surface area is 108 Å². The Bertz CT molecular complexity index is 454. The predicted octanol–water partition coefficient (Wildman–Crippen LogP) is 2.04. The molecular weight excluding hydrogens is 228 g/mol. The molecule has 1 aliphatic heterocycles. The van der Waals surface area contributed by atoms with E-state index in [4.69, 9.17) is 14.7 Å². The van der Waals surface area contributed by atoms with Crippen molar-refractivity contribution in [2.24, 2.45) is 0 Å². The highest BCUT2D eigenvalue weighted by Crippen LogP contribution is 2.30. The third kappa shape index (κ3) is 2.93. The lowest BCUT2D eigenvalue weighted by molar-refractivity contribution is 0.101. The van der Waals surface area contributed by atoms with Crippen molar-refractivity contribution in [3.63, 3.8) is 0 Å². The summed E-state index contributed by atoms with van der Waals surface area (Å²) < 4.78 is 11.2. The summed E-state index contributed by atoms with van der Waals surface area (Å²) >= 11 is 0. The van der Waals surface area contributed by atoms with Crippen LogP contribution in [0.2, 0.25) is 0 Å². The highest BCUT2D eigenvalue weighted by Gasteiger charge is 2.20. The minimum Gasteiger partial charge on any atom is -0.493 e. The molecule has 96 valence electrons. The van der Waals surface area contributed by atoms with Crippen LogP contribution in [0.3, 0.4) is 0 Å². The Kier molecular flexibility index (Phi) is 4.06. The van der Waals surface area contributed by atoms with E-state index in [0.717, 1.165) is 31.7 Å². The van der Waals surface area contributed by atoms with Crippen LogP contribution >= 0.6 is 0 Å².